The summed E-state index contributed by atoms with van der Waals surface area (Å²) in [6, 6.07) is 11.8. The standard InChI is InChI=1S/C16H14N2O5S/c1-24(22,23)15-8-3-2-7-14(15)17-16(19)10-9-12-5-4-6-13(11-12)18(20)21/h2-11H,1H3,(H,17,19)/b10-9+. The molecule has 24 heavy (non-hydrogen) atoms. The Morgan fingerprint density at radius 3 is 2.54 bits per heavy atom. The SMILES string of the molecule is CS(=O)(=O)c1ccccc1NC(=O)/C=C/c1cccc([N+](=O)[O-])c1. The molecule has 0 atom stereocenters. The van der Waals surface area contributed by atoms with Crippen molar-refractivity contribution in [3.05, 3.63) is 70.3 Å². The number of nitro benzene ring substituents is 1. The van der Waals surface area contributed by atoms with Gasteiger partial charge in [-0.1, -0.05) is 24.3 Å². The lowest BCUT2D eigenvalue weighted by Crippen LogP contribution is -2.11. The van der Waals surface area contributed by atoms with Crippen molar-refractivity contribution in [2.24, 2.45) is 0 Å². The van der Waals surface area contributed by atoms with Gasteiger partial charge >= 0.3 is 0 Å². The molecule has 0 aliphatic carbocycles. The van der Waals surface area contributed by atoms with Crippen LogP contribution in [0.25, 0.3) is 6.08 Å². The number of hydrogen-bond acceptors (Lipinski definition) is 5. The molecule has 2 aromatic carbocycles. The van der Waals surface area contributed by atoms with Crippen molar-refractivity contribution in [1.82, 2.24) is 0 Å². The molecule has 8 heteroatoms. The minimum atomic E-state index is -3.48. The van der Waals surface area contributed by atoms with Crippen molar-refractivity contribution in [2.75, 3.05) is 11.6 Å². The lowest BCUT2D eigenvalue weighted by atomic mass is 10.2. The zero-order valence-corrected chi connectivity index (χ0v) is 13.5. The van der Waals surface area contributed by atoms with Crippen LogP contribution >= 0.6 is 0 Å². The van der Waals surface area contributed by atoms with Crippen LogP contribution in [0.4, 0.5) is 11.4 Å². The minimum absolute atomic E-state index is 0.0158. The molecule has 0 unspecified atom stereocenters. The number of nitrogens with one attached hydrogen (secondary N) is 1. The van der Waals surface area contributed by atoms with Crippen LogP contribution in [0.1, 0.15) is 5.56 Å². The maximum atomic E-state index is 12.0. The number of nitro groups is 1. The Morgan fingerprint density at radius 2 is 1.88 bits per heavy atom. The van der Waals surface area contributed by atoms with Crippen molar-refractivity contribution >= 4 is 33.2 Å². The topological polar surface area (TPSA) is 106 Å². The third-order valence-electron chi connectivity index (χ3n) is 3.05. The van der Waals surface area contributed by atoms with E-state index in [-0.39, 0.29) is 16.3 Å². The number of anilines is 1. The monoisotopic (exact) mass is 346 g/mol. The summed E-state index contributed by atoms with van der Waals surface area (Å²) >= 11 is 0. The molecule has 7 nitrogen and oxygen atoms in total. The van der Waals surface area contributed by atoms with Crippen LogP contribution in [0.2, 0.25) is 0 Å². The molecule has 2 rings (SSSR count). The number of amides is 1. The van der Waals surface area contributed by atoms with Gasteiger partial charge < -0.3 is 5.32 Å². The Balaban J connectivity index is 2.18. The number of benzene rings is 2. The molecule has 0 fully saturated rings. The zero-order valence-electron chi connectivity index (χ0n) is 12.7. The lowest BCUT2D eigenvalue weighted by Gasteiger charge is -2.07. The highest BCUT2D eigenvalue weighted by Crippen LogP contribution is 2.20. The Kier molecular flexibility index (Phi) is 5.10. The highest BCUT2D eigenvalue weighted by atomic mass is 32.2. The van der Waals surface area contributed by atoms with Gasteiger partial charge in [-0.2, -0.15) is 0 Å². The van der Waals surface area contributed by atoms with E-state index in [1.807, 2.05) is 0 Å². The molecule has 0 saturated heterocycles. The van der Waals surface area contributed by atoms with E-state index in [1.165, 1.54) is 42.5 Å². The van der Waals surface area contributed by atoms with Gasteiger partial charge in [0.1, 0.15) is 0 Å². The first-order valence-corrected chi connectivity index (χ1v) is 8.69. The van der Waals surface area contributed by atoms with E-state index in [0.717, 1.165) is 6.26 Å². The molecule has 0 saturated carbocycles. The van der Waals surface area contributed by atoms with Gasteiger partial charge in [0, 0.05) is 24.5 Å². The van der Waals surface area contributed by atoms with Crippen molar-refractivity contribution in [1.29, 1.82) is 0 Å². The second-order valence-corrected chi connectivity index (χ2v) is 6.93. The molecule has 0 aliphatic heterocycles. The van der Waals surface area contributed by atoms with Gasteiger partial charge in [-0.25, -0.2) is 8.42 Å². The number of rotatable bonds is 5. The van der Waals surface area contributed by atoms with Crippen LogP contribution in [0.15, 0.2) is 59.5 Å². The summed E-state index contributed by atoms with van der Waals surface area (Å²) in [6.07, 6.45) is 3.64. The van der Waals surface area contributed by atoms with E-state index in [1.54, 1.807) is 18.2 Å². The molecule has 0 radical (unpaired) electrons. The van der Waals surface area contributed by atoms with Crippen LogP contribution in [0.3, 0.4) is 0 Å². The molecule has 2 aromatic rings. The Bertz CT molecular complexity index is 920. The number of carbonyl (C=O) groups excluding carboxylic acids is 1. The third-order valence-corrected chi connectivity index (χ3v) is 4.21. The average Bonchev–Trinajstić information content (AvgIpc) is 2.52. The summed E-state index contributed by atoms with van der Waals surface area (Å²) in [6.45, 7) is 0. The van der Waals surface area contributed by atoms with Gasteiger partial charge in [0.25, 0.3) is 5.69 Å². The predicted octanol–water partition coefficient (Wildman–Crippen LogP) is 2.65. The van der Waals surface area contributed by atoms with Gasteiger partial charge in [0.2, 0.25) is 5.91 Å². The van der Waals surface area contributed by atoms with Crippen LogP contribution in [0.5, 0.6) is 0 Å². The second-order valence-electron chi connectivity index (χ2n) is 4.94. The molecule has 1 amide bonds. The quantitative estimate of drug-likeness (QED) is 0.509. The first-order valence-electron chi connectivity index (χ1n) is 6.80. The summed E-state index contributed by atoms with van der Waals surface area (Å²) < 4.78 is 23.4. The van der Waals surface area contributed by atoms with Gasteiger partial charge in [0.15, 0.2) is 9.84 Å². The fraction of sp³-hybridized carbons (Fsp3) is 0.0625. The molecule has 1 N–H and O–H groups in total. The van der Waals surface area contributed by atoms with Gasteiger partial charge in [-0.3, -0.25) is 14.9 Å². The van der Waals surface area contributed by atoms with E-state index >= 15 is 0 Å². The van der Waals surface area contributed by atoms with Crippen molar-refractivity contribution in [2.45, 2.75) is 4.90 Å². The van der Waals surface area contributed by atoms with E-state index < -0.39 is 20.7 Å². The Morgan fingerprint density at radius 1 is 1.17 bits per heavy atom. The maximum absolute atomic E-state index is 12.0. The lowest BCUT2D eigenvalue weighted by molar-refractivity contribution is -0.384. The number of sulfone groups is 1. The van der Waals surface area contributed by atoms with Crippen molar-refractivity contribution < 1.29 is 18.1 Å². The number of non-ortho nitro benzene ring substituents is 1. The molecular formula is C16H14N2O5S. The third kappa shape index (κ3) is 4.50. The van der Waals surface area contributed by atoms with Crippen molar-refractivity contribution in [3.63, 3.8) is 0 Å². The summed E-state index contributed by atoms with van der Waals surface area (Å²) in [4.78, 5) is 22.2. The summed E-state index contributed by atoms with van der Waals surface area (Å²) in [5.74, 6) is -0.544. The summed E-state index contributed by atoms with van der Waals surface area (Å²) in [5.41, 5.74) is 0.574. The fourth-order valence-corrected chi connectivity index (χ4v) is 2.83. The highest BCUT2D eigenvalue weighted by Gasteiger charge is 2.13. The maximum Gasteiger partial charge on any atom is 0.270 e. The molecule has 124 valence electrons. The van der Waals surface area contributed by atoms with E-state index in [4.69, 9.17) is 0 Å². The van der Waals surface area contributed by atoms with Crippen LogP contribution in [0, 0.1) is 10.1 Å². The number of para-hydroxylation sites is 1. The van der Waals surface area contributed by atoms with Crippen LogP contribution in [-0.2, 0) is 14.6 Å². The largest absolute Gasteiger partial charge is 0.321 e. The van der Waals surface area contributed by atoms with Gasteiger partial charge in [0.05, 0.1) is 15.5 Å². The minimum Gasteiger partial charge on any atom is -0.321 e. The van der Waals surface area contributed by atoms with E-state index in [9.17, 15) is 23.3 Å². The van der Waals surface area contributed by atoms with Crippen LogP contribution < -0.4 is 5.32 Å². The number of carbonyl (C=O) groups is 1. The molecule has 0 aliphatic rings. The van der Waals surface area contributed by atoms with Gasteiger partial charge in [-0.05, 0) is 23.8 Å². The average molecular weight is 346 g/mol. The first-order chi connectivity index (χ1) is 11.3. The summed E-state index contributed by atoms with van der Waals surface area (Å²) in [7, 11) is -3.48. The number of nitrogens with zero attached hydrogens (tertiary/aromatic N) is 1. The van der Waals surface area contributed by atoms with E-state index in [0.29, 0.717) is 5.56 Å². The van der Waals surface area contributed by atoms with Crippen molar-refractivity contribution in [3.8, 4) is 0 Å². The highest BCUT2D eigenvalue weighted by molar-refractivity contribution is 7.90. The first kappa shape index (κ1) is 17.4. The van der Waals surface area contributed by atoms with Gasteiger partial charge in [-0.15, -0.1) is 0 Å². The molecule has 0 heterocycles. The smallest absolute Gasteiger partial charge is 0.270 e. The zero-order chi connectivity index (χ0) is 17.7. The van der Waals surface area contributed by atoms with E-state index in [2.05, 4.69) is 5.32 Å². The normalized spacial score (nSPS) is 11.4. The number of hydrogen-bond donors (Lipinski definition) is 1. The molecule has 0 spiro atoms. The molecular weight excluding hydrogens is 332 g/mol. The Hall–Kier alpha value is -3.00. The summed E-state index contributed by atoms with van der Waals surface area (Å²) in [5, 5.41) is 13.2. The second kappa shape index (κ2) is 7.05. The molecule has 0 aromatic heterocycles. The fourth-order valence-electron chi connectivity index (χ4n) is 1.98. The Labute approximate surface area is 138 Å². The predicted molar refractivity (Wildman–Crippen MR) is 90.3 cm³/mol. The molecule has 0 bridgehead atoms. The van der Waals surface area contributed by atoms with Crippen LogP contribution in [-0.4, -0.2) is 25.5 Å².